The van der Waals surface area contributed by atoms with E-state index in [1.165, 1.54) is 76.7 Å². The third-order valence-corrected chi connectivity index (χ3v) is 11.6. The van der Waals surface area contributed by atoms with Gasteiger partial charge in [-0.3, -0.25) is 0 Å². The second-order valence-corrected chi connectivity index (χ2v) is 14.9. The summed E-state index contributed by atoms with van der Waals surface area (Å²) in [4.78, 5) is 2.47. The maximum absolute atomic E-state index is 2.47. The number of rotatable bonds is 7. The molecule has 2 nitrogen and oxygen atoms in total. The molecule has 10 aromatic carbocycles. The van der Waals surface area contributed by atoms with Gasteiger partial charge in [0.1, 0.15) is 0 Å². The lowest BCUT2D eigenvalue weighted by molar-refractivity contribution is 1.18. The van der Waals surface area contributed by atoms with Crippen LogP contribution in [0.4, 0.5) is 17.1 Å². The quantitative estimate of drug-likeness (QED) is 0.158. The molecular weight excluding hydrogens is 701 g/mol. The van der Waals surface area contributed by atoms with E-state index in [-0.39, 0.29) is 0 Å². The molecule has 0 N–H and O–H groups in total. The van der Waals surface area contributed by atoms with Crippen molar-refractivity contribution in [3.8, 4) is 39.1 Å². The Morgan fingerprint density at radius 2 is 0.828 bits per heavy atom. The van der Waals surface area contributed by atoms with Crippen molar-refractivity contribution in [3.63, 3.8) is 0 Å². The van der Waals surface area contributed by atoms with Gasteiger partial charge in [-0.1, -0.05) is 176 Å². The highest BCUT2D eigenvalue weighted by Gasteiger charge is 2.24. The second kappa shape index (κ2) is 14.1. The Labute approximate surface area is 338 Å². The second-order valence-electron chi connectivity index (χ2n) is 14.9. The van der Waals surface area contributed by atoms with E-state index in [4.69, 9.17) is 0 Å². The van der Waals surface area contributed by atoms with Crippen LogP contribution in [0.1, 0.15) is 0 Å². The van der Waals surface area contributed by atoms with Crippen LogP contribution in [-0.2, 0) is 0 Å². The summed E-state index contributed by atoms with van der Waals surface area (Å²) in [6.07, 6.45) is 0. The molecule has 11 aromatic rings. The fraction of sp³-hybridized carbons (Fsp3) is 0. The number of benzene rings is 10. The summed E-state index contributed by atoms with van der Waals surface area (Å²) in [5.41, 5.74) is 14.0. The van der Waals surface area contributed by atoms with Gasteiger partial charge >= 0.3 is 0 Å². The minimum absolute atomic E-state index is 1.09. The Balaban J connectivity index is 1.22. The number of hydrogen-bond acceptors (Lipinski definition) is 1. The summed E-state index contributed by atoms with van der Waals surface area (Å²) in [5, 5.41) is 7.33. The lowest BCUT2D eigenvalue weighted by atomic mass is 9.87. The molecule has 0 atom stereocenters. The summed E-state index contributed by atoms with van der Waals surface area (Å²) >= 11 is 0. The number of nitrogens with zero attached hydrogens (tertiary/aromatic N) is 2. The van der Waals surface area contributed by atoms with Gasteiger partial charge in [-0.15, -0.1) is 0 Å². The Bertz CT molecular complexity index is 3260. The molecule has 11 rings (SSSR count). The molecule has 0 aliphatic rings. The predicted octanol–water partition coefficient (Wildman–Crippen LogP) is 15.6. The topological polar surface area (TPSA) is 8.17 Å². The first-order valence-corrected chi connectivity index (χ1v) is 19.9. The van der Waals surface area contributed by atoms with Gasteiger partial charge in [0.15, 0.2) is 0 Å². The third kappa shape index (κ3) is 5.66. The van der Waals surface area contributed by atoms with Gasteiger partial charge in [0.25, 0.3) is 0 Å². The Kier molecular flexibility index (Phi) is 8.19. The fourth-order valence-electron chi connectivity index (χ4n) is 8.95. The minimum Gasteiger partial charge on any atom is -0.310 e. The molecule has 0 radical (unpaired) electrons. The zero-order valence-electron chi connectivity index (χ0n) is 31.8. The highest BCUT2D eigenvalue weighted by Crippen LogP contribution is 2.49. The van der Waals surface area contributed by atoms with Crippen LogP contribution in [0.5, 0.6) is 0 Å². The van der Waals surface area contributed by atoms with Crippen LogP contribution in [-0.4, -0.2) is 4.57 Å². The van der Waals surface area contributed by atoms with Crippen LogP contribution >= 0.6 is 0 Å². The molecule has 0 aliphatic heterocycles. The van der Waals surface area contributed by atoms with Crippen LogP contribution in [0, 0.1) is 0 Å². The summed E-state index contributed by atoms with van der Waals surface area (Å²) < 4.78 is 2.39. The van der Waals surface area contributed by atoms with Crippen LogP contribution in [0.15, 0.2) is 231 Å². The van der Waals surface area contributed by atoms with Gasteiger partial charge in [-0.05, 0) is 104 Å². The summed E-state index contributed by atoms with van der Waals surface area (Å²) in [6.45, 7) is 0. The molecule has 0 bridgehead atoms. The number of hydrogen-bond donors (Lipinski definition) is 0. The van der Waals surface area contributed by atoms with Crippen molar-refractivity contribution >= 4 is 60.4 Å². The van der Waals surface area contributed by atoms with Crippen molar-refractivity contribution in [3.05, 3.63) is 231 Å². The number of anilines is 3. The normalized spacial score (nSPS) is 11.4. The van der Waals surface area contributed by atoms with E-state index < -0.39 is 0 Å². The van der Waals surface area contributed by atoms with Crippen molar-refractivity contribution < 1.29 is 0 Å². The molecule has 0 saturated heterocycles. The number of para-hydroxylation sites is 2. The average Bonchev–Trinajstić information content (AvgIpc) is 3.63. The van der Waals surface area contributed by atoms with E-state index in [0.29, 0.717) is 0 Å². The van der Waals surface area contributed by atoms with Crippen LogP contribution in [0.3, 0.4) is 0 Å². The zero-order chi connectivity index (χ0) is 38.4. The van der Waals surface area contributed by atoms with E-state index in [1.54, 1.807) is 0 Å². The average molecular weight is 739 g/mol. The van der Waals surface area contributed by atoms with Crippen molar-refractivity contribution in [1.29, 1.82) is 0 Å². The van der Waals surface area contributed by atoms with Gasteiger partial charge in [0.05, 0.1) is 16.7 Å². The van der Waals surface area contributed by atoms with E-state index in [0.717, 1.165) is 22.7 Å². The molecule has 0 spiro atoms. The molecule has 0 fully saturated rings. The maximum Gasteiger partial charge on any atom is 0.0546 e. The third-order valence-electron chi connectivity index (χ3n) is 11.6. The van der Waals surface area contributed by atoms with Gasteiger partial charge in [0.2, 0.25) is 0 Å². The largest absolute Gasteiger partial charge is 0.310 e. The molecule has 0 amide bonds. The molecule has 0 aliphatic carbocycles. The Morgan fingerprint density at radius 1 is 0.310 bits per heavy atom. The zero-order valence-corrected chi connectivity index (χ0v) is 31.8. The Morgan fingerprint density at radius 3 is 1.57 bits per heavy atom. The number of fused-ring (bicyclic) bond motifs is 5. The van der Waals surface area contributed by atoms with Gasteiger partial charge < -0.3 is 9.47 Å². The van der Waals surface area contributed by atoms with Crippen LogP contribution < -0.4 is 4.90 Å². The first-order valence-electron chi connectivity index (χ1n) is 19.9. The maximum atomic E-state index is 2.47. The van der Waals surface area contributed by atoms with E-state index in [1.807, 2.05) is 0 Å². The summed E-state index contributed by atoms with van der Waals surface area (Å²) in [5.74, 6) is 0. The van der Waals surface area contributed by atoms with Crippen molar-refractivity contribution in [2.45, 2.75) is 0 Å². The van der Waals surface area contributed by atoms with Gasteiger partial charge in [-0.2, -0.15) is 0 Å². The van der Waals surface area contributed by atoms with E-state index in [2.05, 4.69) is 240 Å². The van der Waals surface area contributed by atoms with E-state index >= 15 is 0 Å². The lowest BCUT2D eigenvalue weighted by Gasteiger charge is -2.30. The van der Waals surface area contributed by atoms with Gasteiger partial charge in [-0.25, -0.2) is 0 Å². The molecule has 58 heavy (non-hydrogen) atoms. The van der Waals surface area contributed by atoms with Crippen LogP contribution in [0.2, 0.25) is 0 Å². The fourth-order valence-corrected chi connectivity index (χ4v) is 8.95. The van der Waals surface area contributed by atoms with E-state index in [9.17, 15) is 0 Å². The highest BCUT2D eigenvalue weighted by atomic mass is 15.1. The highest BCUT2D eigenvalue weighted by molar-refractivity contribution is 6.12. The summed E-state index contributed by atoms with van der Waals surface area (Å²) in [6, 6.07) is 83.8. The monoisotopic (exact) mass is 738 g/mol. The SMILES string of the molecule is c1ccc(-c2ccc(N(c3ccc4c(c3)c3ccccc3n4-c3ccccc3)c3cccc(-c4cccc5ccccc45)c3-c3cccc4ccccc34)cc2)cc1. The molecule has 272 valence electrons. The van der Waals surface area contributed by atoms with Crippen molar-refractivity contribution in [2.75, 3.05) is 4.90 Å². The molecular formula is C56H38N2. The summed E-state index contributed by atoms with van der Waals surface area (Å²) in [7, 11) is 0. The molecule has 1 aromatic heterocycles. The molecule has 0 unspecified atom stereocenters. The molecule has 2 heteroatoms. The smallest absolute Gasteiger partial charge is 0.0546 e. The van der Waals surface area contributed by atoms with Gasteiger partial charge in [0, 0.05) is 33.4 Å². The first-order chi connectivity index (χ1) is 28.8. The van der Waals surface area contributed by atoms with Crippen molar-refractivity contribution in [1.82, 2.24) is 4.57 Å². The first kappa shape index (κ1) is 33.6. The van der Waals surface area contributed by atoms with Crippen LogP contribution in [0.25, 0.3) is 82.4 Å². The number of aromatic nitrogens is 1. The Hall–Kier alpha value is -7.68. The standard InChI is InChI=1S/C56H38N2/c1-3-16-39(17-4-1)40-32-34-44(35-33-40)57(45-36-37-54-52(38-45)49-26-11-12-30-53(49)58(54)43-22-5-2-6-23-43)55-31-15-29-51(48-27-13-20-41-18-7-9-24-46(41)48)56(55)50-28-14-21-42-19-8-10-25-47(42)50/h1-38H. The minimum atomic E-state index is 1.09. The molecule has 0 saturated carbocycles. The predicted molar refractivity (Wildman–Crippen MR) is 247 cm³/mol. The lowest BCUT2D eigenvalue weighted by Crippen LogP contribution is -2.12. The molecule has 1 heterocycles. The van der Waals surface area contributed by atoms with Crippen molar-refractivity contribution in [2.24, 2.45) is 0 Å².